The third-order valence-electron chi connectivity index (χ3n) is 2.28. The molecule has 1 amide bonds. The van der Waals surface area contributed by atoms with Gasteiger partial charge in [-0.1, -0.05) is 12.1 Å². The molecule has 0 atom stereocenters. The van der Waals surface area contributed by atoms with Crippen LogP contribution in [0.5, 0.6) is 5.75 Å². The summed E-state index contributed by atoms with van der Waals surface area (Å²) in [6.07, 6.45) is -2.03. The molecule has 104 valence electrons. The van der Waals surface area contributed by atoms with Crippen molar-refractivity contribution in [1.29, 1.82) is 0 Å². The maximum absolute atomic E-state index is 12.2. The summed E-state index contributed by atoms with van der Waals surface area (Å²) in [7, 11) is 0. The lowest BCUT2D eigenvalue weighted by Gasteiger charge is -2.13. The zero-order chi connectivity index (χ0) is 14.6. The average molecular weight is 282 g/mol. The summed E-state index contributed by atoms with van der Waals surface area (Å²) >= 11 is 0. The van der Waals surface area contributed by atoms with Crippen LogP contribution in [0.4, 0.5) is 18.9 Å². The molecular weight excluding hydrogens is 273 g/mol. The Bertz CT molecular complexity index is 600. The minimum Gasteiger partial charge on any atom is -0.404 e. The van der Waals surface area contributed by atoms with Crippen molar-refractivity contribution >= 4 is 11.6 Å². The Morgan fingerprint density at radius 1 is 1.15 bits per heavy atom. The van der Waals surface area contributed by atoms with Crippen LogP contribution in [-0.2, 0) is 0 Å². The average Bonchev–Trinajstić information content (AvgIpc) is 2.40. The number of hydrogen-bond donors (Lipinski definition) is 1. The molecule has 0 aliphatic heterocycles. The first-order valence-corrected chi connectivity index (χ1v) is 5.52. The van der Waals surface area contributed by atoms with E-state index in [0.29, 0.717) is 0 Å². The van der Waals surface area contributed by atoms with Crippen molar-refractivity contribution in [3.05, 3.63) is 54.4 Å². The van der Waals surface area contributed by atoms with E-state index in [1.54, 1.807) is 6.07 Å². The van der Waals surface area contributed by atoms with Gasteiger partial charge in [0.2, 0.25) is 0 Å². The Morgan fingerprint density at radius 2 is 1.90 bits per heavy atom. The molecule has 2 rings (SSSR count). The fraction of sp³-hybridized carbons (Fsp3) is 0.0769. The minimum atomic E-state index is -4.82. The largest absolute Gasteiger partial charge is 0.573 e. The van der Waals surface area contributed by atoms with Gasteiger partial charge < -0.3 is 10.1 Å². The van der Waals surface area contributed by atoms with Crippen molar-refractivity contribution < 1.29 is 22.7 Å². The Kier molecular flexibility index (Phi) is 3.88. The number of para-hydroxylation sites is 2. The topological polar surface area (TPSA) is 51.2 Å². The van der Waals surface area contributed by atoms with Gasteiger partial charge in [0.15, 0.2) is 5.75 Å². The van der Waals surface area contributed by atoms with Gasteiger partial charge in [-0.05, 0) is 24.3 Å². The number of anilines is 1. The Hall–Kier alpha value is -2.57. The summed E-state index contributed by atoms with van der Waals surface area (Å²) in [5.41, 5.74) is 0.160. The number of alkyl halides is 3. The summed E-state index contributed by atoms with van der Waals surface area (Å²) in [6.45, 7) is 0. The summed E-state index contributed by atoms with van der Waals surface area (Å²) in [6, 6.07) is 8.34. The molecular formula is C13H9F3N2O2. The van der Waals surface area contributed by atoms with Crippen LogP contribution in [-0.4, -0.2) is 17.3 Å². The number of carbonyl (C=O) groups excluding carboxylic acids is 1. The minimum absolute atomic E-state index is 0.0707. The highest BCUT2D eigenvalue weighted by atomic mass is 19.4. The van der Waals surface area contributed by atoms with Crippen LogP contribution >= 0.6 is 0 Å². The van der Waals surface area contributed by atoms with Gasteiger partial charge in [0.1, 0.15) is 0 Å². The molecule has 2 aromatic rings. The summed E-state index contributed by atoms with van der Waals surface area (Å²) in [5, 5.41) is 2.35. The standard InChI is InChI=1S/C13H9F3N2O2/c14-13(15,16)20-11-6-2-1-5-10(11)18-12(19)9-4-3-7-17-8-9/h1-8H,(H,18,19). The van der Waals surface area contributed by atoms with Crippen molar-refractivity contribution in [1.82, 2.24) is 4.98 Å². The van der Waals surface area contributed by atoms with Crippen LogP contribution in [0.3, 0.4) is 0 Å². The molecule has 1 heterocycles. The molecule has 0 unspecified atom stereocenters. The zero-order valence-electron chi connectivity index (χ0n) is 10.0. The number of nitrogens with one attached hydrogen (secondary N) is 1. The number of benzene rings is 1. The first kappa shape index (κ1) is 13.9. The zero-order valence-corrected chi connectivity index (χ0v) is 10.0. The second-order valence-electron chi connectivity index (χ2n) is 3.74. The molecule has 20 heavy (non-hydrogen) atoms. The Morgan fingerprint density at radius 3 is 2.55 bits per heavy atom. The monoisotopic (exact) mass is 282 g/mol. The van der Waals surface area contributed by atoms with Crippen molar-refractivity contribution in [3.8, 4) is 5.75 Å². The number of carbonyl (C=O) groups is 1. The van der Waals surface area contributed by atoms with Crippen molar-refractivity contribution in [3.63, 3.8) is 0 Å². The first-order chi connectivity index (χ1) is 9.46. The predicted octanol–water partition coefficient (Wildman–Crippen LogP) is 3.23. The number of nitrogens with zero attached hydrogens (tertiary/aromatic N) is 1. The van der Waals surface area contributed by atoms with Crippen LogP contribution in [0.25, 0.3) is 0 Å². The fourth-order valence-electron chi connectivity index (χ4n) is 1.48. The number of pyridine rings is 1. The molecule has 1 N–H and O–H groups in total. The molecule has 1 aromatic heterocycles. The lowest BCUT2D eigenvalue weighted by atomic mass is 10.2. The maximum Gasteiger partial charge on any atom is 0.573 e. The highest BCUT2D eigenvalue weighted by Gasteiger charge is 2.32. The van der Waals surface area contributed by atoms with E-state index in [1.165, 1.54) is 36.7 Å². The summed E-state index contributed by atoms with van der Waals surface area (Å²) < 4.78 is 40.5. The lowest BCUT2D eigenvalue weighted by molar-refractivity contribution is -0.274. The first-order valence-electron chi connectivity index (χ1n) is 5.52. The fourth-order valence-corrected chi connectivity index (χ4v) is 1.48. The van der Waals surface area contributed by atoms with Crippen LogP contribution in [0.2, 0.25) is 0 Å². The number of hydrogen-bond acceptors (Lipinski definition) is 3. The Balaban J connectivity index is 2.20. The molecule has 0 fully saturated rings. The van der Waals surface area contributed by atoms with Gasteiger partial charge in [0.05, 0.1) is 11.3 Å². The maximum atomic E-state index is 12.2. The van der Waals surface area contributed by atoms with Crippen LogP contribution in [0.1, 0.15) is 10.4 Å². The van der Waals surface area contributed by atoms with E-state index < -0.39 is 18.0 Å². The van der Waals surface area contributed by atoms with Gasteiger partial charge in [-0.3, -0.25) is 9.78 Å². The molecule has 0 bridgehead atoms. The Labute approximate surface area is 112 Å². The van der Waals surface area contributed by atoms with Gasteiger partial charge in [0.25, 0.3) is 5.91 Å². The number of halogens is 3. The van der Waals surface area contributed by atoms with E-state index in [0.717, 1.165) is 6.07 Å². The second-order valence-corrected chi connectivity index (χ2v) is 3.74. The van der Waals surface area contributed by atoms with E-state index in [9.17, 15) is 18.0 Å². The van der Waals surface area contributed by atoms with Crippen LogP contribution < -0.4 is 10.1 Å². The molecule has 0 aliphatic carbocycles. The van der Waals surface area contributed by atoms with Crippen LogP contribution in [0, 0.1) is 0 Å². The van der Waals surface area contributed by atoms with E-state index in [-0.39, 0.29) is 11.3 Å². The van der Waals surface area contributed by atoms with Gasteiger partial charge in [0, 0.05) is 12.4 Å². The lowest BCUT2D eigenvalue weighted by Crippen LogP contribution is -2.19. The molecule has 0 radical (unpaired) electrons. The third kappa shape index (κ3) is 3.71. The normalized spacial score (nSPS) is 10.9. The molecule has 1 aromatic carbocycles. The summed E-state index contributed by atoms with van der Waals surface area (Å²) in [4.78, 5) is 15.6. The van der Waals surface area contributed by atoms with Gasteiger partial charge in [-0.2, -0.15) is 0 Å². The van der Waals surface area contributed by atoms with Crippen LogP contribution in [0.15, 0.2) is 48.8 Å². The van der Waals surface area contributed by atoms with E-state index in [4.69, 9.17) is 0 Å². The van der Waals surface area contributed by atoms with Crippen molar-refractivity contribution in [2.24, 2.45) is 0 Å². The summed E-state index contributed by atoms with van der Waals surface area (Å²) in [5.74, 6) is -1.05. The van der Waals surface area contributed by atoms with Crippen molar-refractivity contribution in [2.75, 3.05) is 5.32 Å². The highest BCUT2D eigenvalue weighted by Crippen LogP contribution is 2.30. The van der Waals surface area contributed by atoms with E-state index in [1.807, 2.05) is 0 Å². The van der Waals surface area contributed by atoms with Gasteiger partial charge >= 0.3 is 6.36 Å². The molecule has 7 heteroatoms. The molecule has 0 saturated heterocycles. The van der Waals surface area contributed by atoms with Crippen molar-refractivity contribution in [2.45, 2.75) is 6.36 Å². The molecule has 0 spiro atoms. The SMILES string of the molecule is O=C(Nc1ccccc1OC(F)(F)F)c1cccnc1. The number of amides is 1. The third-order valence-corrected chi connectivity index (χ3v) is 2.28. The number of ether oxygens (including phenoxy) is 1. The number of aromatic nitrogens is 1. The highest BCUT2D eigenvalue weighted by molar-refractivity contribution is 6.04. The smallest absolute Gasteiger partial charge is 0.404 e. The van der Waals surface area contributed by atoms with Gasteiger partial charge in [-0.15, -0.1) is 13.2 Å². The van der Waals surface area contributed by atoms with E-state index >= 15 is 0 Å². The predicted molar refractivity (Wildman–Crippen MR) is 65.3 cm³/mol. The second kappa shape index (κ2) is 5.60. The molecule has 0 saturated carbocycles. The molecule has 4 nitrogen and oxygen atoms in total. The molecule has 0 aliphatic rings. The number of rotatable bonds is 3. The quantitative estimate of drug-likeness (QED) is 0.940. The van der Waals surface area contributed by atoms with E-state index in [2.05, 4.69) is 15.0 Å². The van der Waals surface area contributed by atoms with Gasteiger partial charge in [-0.25, -0.2) is 0 Å².